The normalized spacial score (nSPS) is 15.0. The molecule has 8 heteroatoms. The molecule has 0 spiro atoms. The van der Waals surface area contributed by atoms with Gasteiger partial charge >= 0.3 is 0 Å². The van der Waals surface area contributed by atoms with Crippen LogP contribution in [0.3, 0.4) is 0 Å². The van der Waals surface area contributed by atoms with Gasteiger partial charge in [0.2, 0.25) is 10.0 Å². The minimum Gasteiger partial charge on any atom is -0.495 e. The molecule has 1 N–H and O–H groups in total. The Bertz CT molecular complexity index is 1280. The standard InChI is InChI=1S/C25H29N3O4S/c1-17(2)22-16-20(19-9-5-6-10-21(19)27-22)25(29)26-18-11-12-23(32-3)24(15-18)33(30,31)28-13-7-4-8-14-28/h5-6,9-12,15-17H,4,7-8,13-14H2,1-3H3,(H,26,29). The predicted molar refractivity (Wildman–Crippen MR) is 129 cm³/mol. The fourth-order valence-electron chi connectivity index (χ4n) is 4.08. The monoisotopic (exact) mass is 467 g/mol. The number of carbonyl (C=O) groups is 1. The van der Waals surface area contributed by atoms with Gasteiger partial charge in [-0.2, -0.15) is 4.31 Å². The Morgan fingerprint density at radius 1 is 1.06 bits per heavy atom. The van der Waals surface area contributed by atoms with Crippen molar-refractivity contribution in [1.29, 1.82) is 0 Å². The molecular formula is C25H29N3O4S. The lowest BCUT2D eigenvalue weighted by Crippen LogP contribution is -2.35. The Balaban J connectivity index is 1.70. The molecule has 0 bridgehead atoms. The first-order valence-corrected chi connectivity index (χ1v) is 12.6. The highest BCUT2D eigenvalue weighted by Gasteiger charge is 2.29. The third kappa shape index (κ3) is 4.72. The summed E-state index contributed by atoms with van der Waals surface area (Å²) < 4.78 is 33.4. The summed E-state index contributed by atoms with van der Waals surface area (Å²) in [5, 5.41) is 3.62. The molecule has 1 amide bonds. The number of ether oxygens (including phenoxy) is 1. The van der Waals surface area contributed by atoms with Crippen molar-refractivity contribution in [3.63, 3.8) is 0 Å². The number of rotatable bonds is 6. The Labute approximate surface area is 194 Å². The molecule has 0 aliphatic carbocycles. The molecule has 174 valence electrons. The van der Waals surface area contributed by atoms with E-state index in [9.17, 15) is 13.2 Å². The highest BCUT2D eigenvalue weighted by atomic mass is 32.2. The quantitative estimate of drug-likeness (QED) is 0.563. The van der Waals surface area contributed by atoms with Crippen LogP contribution < -0.4 is 10.1 Å². The Hall–Kier alpha value is -2.97. The summed E-state index contributed by atoms with van der Waals surface area (Å²) in [5.41, 5.74) is 2.46. The number of fused-ring (bicyclic) bond motifs is 1. The van der Waals surface area contributed by atoms with Gasteiger partial charge in [-0.25, -0.2) is 8.42 Å². The topological polar surface area (TPSA) is 88.6 Å². The summed E-state index contributed by atoms with van der Waals surface area (Å²) in [6.07, 6.45) is 2.70. The van der Waals surface area contributed by atoms with Crippen LogP contribution >= 0.6 is 0 Å². The van der Waals surface area contributed by atoms with E-state index in [-0.39, 0.29) is 22.5 Å². The van der Waals surface area contributed by atoms with Gasteiger partial charge in [0.05, 0.1) is 18.2 Å². The van der Waals surface area contributed by atoms with Gasteiger partial charge in [0, 0.05) is 29.9 Å². The Morgan fingerprint density at radius 2 is 1.79 bits per heavy atom. The van der Waals surface area contributed by atoms with E-state index in [1.807, 2.05) is 38.1 Å². The minimum absolute atomic E-state index is 0.0622. The molecule has 2 heterocycles. The summed E-state index contributed by atoms with van der Waals surface area (Å²) in [5.74, 6) is 0.0976. The van der Waals surface area contributed by atoms with Crippen LogP contribution in [0.25, 0.3) is 10.9 Å². The van der Waals surface area contributed by atoms with Gasteiger partial charge in [0.25, 0.3) is 5.91 Å². The van der Waals surface area contributed by atoms with Gasteiger partial charge in [-0.05, 0) is 49.1 Å². The van der Waals surface area contributed by atoms with Gasteiger partial charge < -0.3 is 10.1 Å². The van der Waals surface area contributed by atoms with E-state index in [2.05, 4.69) is 10.3 Å². The molecule has 33 heavy (non-hydrogen) atoms. The Kier molecular flexibility index (Phi) is 6.67. The number of para-hydroxylation sites is 1. The SMILES string of the molecule is COc1ccc(NC(=O)c2cc(C(C)C)nc3ccccc23)cc1S(=O)(=O)N1CCCCC1. The van der Waals surface area contributed by atoms with Crippen LogP contribution in [0.1, 0.15) is 55.1 Å². The van der Waals surface area contributed by atoms with Crippen molar-refractivity contribution in [2.75, 3.05) is 25.5 Å². The minimum atomic E-state index is -3.73. The van der Waals surface area contributed by atoms with Crippen molar-refractivity contribution in [3.8, 4) is 5.75 Å². The maximum Gasteiger partial charge on any atom is 0.256 e. The van der Waals surface area contributed by atoms with Gasteiger partial charge in [0.15, 0.2) is 0 Å². The first-order chi connectivity index (χ1) is 15.8. The zero-order valence-electron chi connectivity index (χ0n) is 19.2. The van der Waals surface area contributed by atoms with Crippen molar-refractivity contribution in [2.24, 2.45) is 0 Å². The average molecular weight is 468 g/mol. The number of hydrogen-bond acceptors (Lipinski definition) is 5. The van der Waals surface area contributed by atoms with E-state index in [1.54, 1.807) is 18.2 Å². The molecule has 1 fully saturated rings. The molecule has 4 rings (SSSR count). The molecule has 0 unspecified atom stereocenters. The van der Waals surface area contributed by atoms with E-state index < -0.39 is 10.0 Å². The molecule has 1 aliphatic rings. The lowest BCUT2D eigenvalue weighted by molar-refractivity contribution is 0.102. The largest absolute Gasteiger partial charge is 0.495 e. The third-order valence-corrected chi connectivity index (χ3v) is 7.85. The second-order valence-electron chi connectivity index (χ2n) is 8.55. The summed E-state index contributed by atoms with van der Waals surface area (Å²) in [7, 11) is -2.29. The van der Waals surface area contributed by atoms with Crippen LogP contribution in [0.4, 0.5) is 5.69 Å². The van der Waals surface area contributed by atoms with Crippen molar-refractivity contribution in [3.05, 3.63) is 59.8 Å². The van der Waals surface area contributed by atoms with Crippen LogP contribution in [0.15, 0.2) is 53.4 Å². The first-order valence-electron chi connectivity index (χ1n) is 11.2. The van der Waals surface area contributed by atoms with E-state index in [0.29, 0.717) is 24.3 Å². The first kappa shape index (κ1) is 23.2. The van der Waals surface area contributed by atoms with E-state index in [1.165, 1.54) is 17.5 Å². The number of hydrogen-bond donors (Lipinski definition) is 1. The molecule has 1 aromatic heterocycles. The van der Waals surface area contributed by atoms with Crippen molar-refractivity contribution in [2.45, 2.75) is 43.9 Å². The molecular weight excluding hydrogens is 438 g/mol. The zero-order chi connectivity index (χ0) is 23.6. The summed E-state index contributed by atoms with van der Waals surface area (Å²) >= 11 is 0. The second kappa shape index (κ2) is 9.49. The lowest BCUT2D eigenvalue weighted by atomic mass is 10.0. The fourth-order valence-corrected chi connectivity index (χ4v) is 5.78. The van der Waals surface area contributed by atoms with Gasteiger partial charge in [-0.15, -0.1) is 0 Å². The van der Waals surface area contributed by atoms with E-state index in [0.717, 1.165) is 35.9 Å². The zero-order valence-corrected chi connectivity index (χ0v) is 20.0. The van der Waals surface area contributed by atoms with Crippen LogP contribution in [0.5, 0.6) is 5.75 Å². The van der Waals surface area contributed by atoms with Crippen molar-refractivity contribution in [1.82, 2.24) is 9.29 Å². The highest BCUT2D eigenvalue weighted by Crippen LogP contribution is 2.32. The van der Waals surface area contributed by atoms with Crippen molar-refractivity contribution < 1.29 is 17.9 Å². The highest BCUT2D eigenvalue weighted by molar-refractivity contribution is 7.89. The van der Waals surface area contributed by atoms with Crippen LogP contribution in [-0.2, 0) is 10.0 Å². The number of methoxy groups -OCH3 is 1. The number of nitrogens with one attached hydrogen (secondary N) is 1. The van der Waals surface area contributed by atoms with E-state index >= 15 is 0 Å². The molecule has 3 aromatic rings. The van der Waals surface area contributed by atoms with Gasteiger partial charge in [-0.1, -0.05) is 38.5 Å². The summed E-state index contributed by atoms with van der Waals surface area (Å²) in [4.78, 5) is 18.0. The van der Waals surface area contributed by atoms with E-state index in [4.69, 9.17) is 4.74 Å². The lowest BCUT2D eigenvalue weighted by Gasteiger charge is -2.26. The van der Waals surface area contributed by atoms with Crippen LogP contribution in [0, 0.1) is 0 Å². The molecule has 2 aromatic carbocycles. The molecule has 1 saturated heterocycles. The third-order valence-electron chi connectivity index (χ3n) is 5.93. The number of aromatic nitrogens is 1. The molecule has 0 atom stereocenters. The molecule has 1 aliphatic heterocycles. The number of nitrogens with zero attached hydrogens (tertiary/aromatic N) is 2. The molecule has 0 saturated carbocycles. The number of anilines is 1. The van der Waals surface area contributed by atoms with Crippen molar-refractivity contribution >= 4 is 32.5 Å². The number of piperidine rings is 1. The second-order valence-corrected chi connectivity index (χ2v) is 10.5. The number of sulfonamides is 1. The van der Waals surface area contributed by atoms with Crippen LogP contribution in [0.2, 0.25) is 0 Å². The Morgan fingerprint density at radius 3 is 2.48 bits per heavy atom. The number of pyridine rings is 1. The molecule has 0 radical (unpaired) electrons. The maximum atomic E-state index is 13.3. The average Bonchev–Trinajstić information content (AvgIpc) is 2.83. The summed E-state index contributed by atoms with van der Waals surface area (Å²) in [6.45, 7) is 5.03. The van der Waals surface area contributed by atoms with Gasteiger partial charge in [0.1, 0.15) is 10.6 Å². The van der Waals surface area contributed by atoms with Crippen LogP contribution in [-0.4, -0.2) is 43.8 Å². The smallest absolute Gasteiger partial charge is 0.256 e. The number of benzene rings is 2. The summed E-state index contributed by atoms with van der Waals surface area (Å²) in [6, 6.07) is 14.0. The number of amides is 1. The maximum absolute atomic E-state index is 13.3. The fraction of sp³-hybridized carbons (Fsp3) is 0.360. The predicted octanol–water partition coefficient (Wildman–Crippen LogP) is 4.79. The van der Waals surface area contributed by atoms with Gasteiger partial charge in [-0.3, -0.25) is 9.78 Å². The number of carbonyl (C=O) groups excluding carboxylic acids is 1. The molecule has 7 nitrogen and oxygen atoms in total.